The molecule has 1 fully saturated rings. The van der Waals surface area contributed by atoms with Gasteiger partial charge in [0.1, 0.15) is 6.04 Å². The number of piperidine rings is 1. The number of carbonyl (C=O) groups is 1. The first-order valence-corrected chi connectivity index (χ1v) is 7.26. The van der Waals surface area contributed by atoms with Crippen LogP contribution in [0.2, 0.25) is 5.02 Å². The summed E-state index contributed by atoms with van der Waals surface area (Å²) in [5, 5.41) is 10.1. The normalized spacial score (nSPS) is 22.1. The molecule has 3 nitrogen and oxygen atoms in total. The summed E-state index contributed by atoms with van der Waals surface area (Å²) in [6.45, 7) is 2.92. The van der Waals surface area contributed by atoms with Crippen LogP contribution in [0, 0.1) is 0 Å². The maximum atomic E-state index is 11.4. The summed E-state index contributed by atoms with van der Waals surface area (Å²) in [5.41, 5.74) is 1.04. The number of aliphatic carboxylic acids is 1. The largest absolute Gasteiger partial charge is 0.480 e. The highest BCUT2D eigenvalue weighted by Crippen LogP contribution is 2.34. The number of likely N-dealkylation sites (tertiary alicyclic amines) is 1. The Labute approximate surface area is 119 Å². The fourth-order valence-electron chi connectivity index (χ4n) is 2.97. The molecule has 0 aromatic heterocycles. The Balaban J connectivity index is 2.30. The second-order valence-corrected chi connectivity index (χ2v) is 5.44. The number of carboxylic acid groups (broad SMARTS) is 1. The van der Waals surface area contributed by atoms with Crippen LogP contribution in [0.4, 0.5) is 0 Å². The van der Waals surface area contributed by atoms with Gasteiger partial charge in [0, 0.05) is 11.1 Å². The summed E-state index contributed by atoms with van der Waals surface area (Å²) >= 11 is 6.27. The maximum absolute atomic E-state index is 11.4. The molecule has 1 N–H and O–H groups in total. The minimum absolute atomic E-state index is 0.0927. The van der Waals surface area contributed by atoms with Crippen molar-refractivity contribution < 1.29 is 9.90 Å². The highest BCUT2D eigenvalue weighted by molar-refractivity contribution is 6.31. The summed E-state index contributed by atoms with van der Waals surface area (Å²) in [7, 11) is 0. The van der Waals surface area contributed by atoms with Gasteiger partial charge < -0.3 is 5.11 Å². The van der Waals surface area contributed by atoms with Gasteiger partial charge in [-0.05, 0) is 37.4 Å². The third kappa shape index (κ3) is 3.10. The zero-order valence-electron chi connectivity index (χ0n) is 11.2. The number of carboxylic acids is 1. The van der Waals surface area contributed by atoms with Crippen LogP contribution in [0.15, 0.2) is 24.3 Å². The van der Waals surface area contributed by atoms with Crippen molar-refractivity contribution in [3.63, 3.8) is 0 Å². The molecule has 2 rings (SSSR count). The number of hydrogen-bond acceptors (Lipinski definition) is 2. The lowest BCUT2D eigenvalue weighted by atomic mass is 9.95. The zero-order chi connectivity index (χ0) is 13.8. The number of benzene rings is 1. The molecule has 1 aliphatic heterocycles. The minimum atomic E-state index is -0.717. The molecular formula is C15H20ClNO2. The molecular weight excluding hydrogens is 262 g/mol. The van der Waals surface area contributed by atoms with Gasteiger partial charge in [0.05, 0.1) is 0 Å². The van der Waals surface area contributed by atoms with Crippen LogP contribution >= 0.6 is 11.6 Å². The van der Waals surface area contributed by atoms with Crippen molar-refractivity contribution in [1.29, 1.82) is 0 Å². The van der Waals surface area contributed by atoms with E-state index in [1.54, 1.807) is 0 Å². The number of halogens is 1. The van der Waals surface area contributed by atoms with Crippen molar-refractivity contribution in [2.45, 2.75) is 44.7 Å². The monoisotopic (exact) mass is 281 g/mol. The molecule has 1 saturated heterocycles. The first-order chi connectivity index (χ1) is 9.15. The Morgan fingerprint density at radius 2 is 2.21 bits per heavy atom. The highest BCUT2D eigenvalue weighted by atomic mass is 35.5. The van der Waals surface area contributed by atoms with Gasteiger partial charge in [-0.15, -0.1) is 0 Å². The van der Waals surface area contributed by atoms with E-state index in [-0.39, 0.29) is 12.1 Å². The van der Waals surface area contributed by atoms with E-state index in [4.69, 9.17) is 11.6 Å². The summed E-state index contributed by atoms with van der Waals surface area (Å²) in [4.78, 5) is 13.5. The van der Waals surface area contributed by atoms with Gasteiger partial charge in [0.2, 0.25) is 0 Å². The van der Waals surface area contributed by atoms with Crippen LogP contribution < -0.4 is 0 Å². The molecule has 1 heterocycles. The molecule has 4 heteroatoms. The number of hydrogen-bond donors (Lipinski definition) is 1. The van der Waals surface area contributed by atoms with Crippen molar-refractivity contribution >= 4 is 17.6 Å². The summed E-state index contributed by atoms with van der Waals surface area (Å²) < 4.78 is 0. The summed E-state index contributed by atoms with van der Waals surface area (Å²) in [6.07, 6.45) is 3.65. The van der Waals surface area contributed by atoms with Gasteiger partial charge >= 0.3 is 5.97 Å². The molecule has 0 bridgehead atoms. The van der Waals surface area contributed by atoms with Crippen molar-refractivity contribution in [1.82, 2.24) is 4.90 Å². The average Bonchev–Trinajstić information content (AvgIpc) is 2.42. The Bertz CT molecular complexity index is 450. The highest BCUT2D eigenvalue weighted by Gasteiger charge is 2.33. The average molecular weight is 282 g/mol. The molecule has 19 heavy (non-hydrogen) atoms. The van der Waals surface area contributed by atoms with Crippen molar-refractivity contribution in [2.24, 2.45) is 0 Å². The molecule has 1 aromatic carbocycles. The van der Waals surface area contributed by atoms with E-state index in [1.807, 2.05) is 24.3 Å². The fourth-order valence-corrected chi connectivity index (χ4v) is 3.23. The standard InChI is InChI=1S/C15H20ClNO2/c1-2-13(11-7-3-4-8-12(11)16)17-10-6-5-9-14(17)15(18)19/h3-4,7-8,13-14H,2,5-6,9-10H2,1H3,(H,18,19). The van der Waals surface area contributed by atoms with E-state index in [9.17, 15) is 9.90 Å². The summed E-state index contributed by atoms with van der Waals surface area (Å²) in [5.74, 6) is -0.717. The third-order valence-corrected chi connectivity index (χ3v) is 4.22. The van der Waals surface area contributed by atoms with Gasteiger partial charge in [-0.2, -0.15) is 0 Å². The van der Waals surface area contributed by atoms with Crippen molar-refractivity contribution in [2.75, 3.05) is 6.54 Å². The van der Waals surface area contributed by atoms with E-state index in [1.165, 1.54) is 0 Å². The van der Waals surface area contributed by atoms with Crippen LogP contribution in [0.5, 0.6) is 0 Å². The SMILES string of the molecule is CCC(c1ccccc1Cl)N1CCCCC1C(=O)O. The zero-order valence-corrected chi connectivity index (χ0v) is 11.9. The van der Waals surface area contributed by atoms with Crippen LogP contribution in [-0.2, 0) is 4.79 Å². The van der Waals surface area contributed by atoms with Crippen LogP contribution in [0.25, 0.3) is 0 Å². The Kier molecular flexibility index (Phi) is 4.83. The molecule has 0 saturated carbocycles. The predicted octanol–water partition coefficient (Wildman–Crippen LogP) is 3.73. The molecule has 1 aromatic rings. The molecule has 0 spiro atoms. The van der Waals surface area contributed by atoms with Gasteiger partial charge in [-0.1, -0.05) is 43.1 Å². The van der Waals surface area contributed by atoms with Gasteiger partial charge in [0.15, 0.2) is 0 Å². The minimum Gasteiger partial charge on any atom is -0.480 e. The molecule has 0 amide bonds. The van der Waals surface area contributed by atoms with Gasteiger partial charge in [0.25, 0.3) is 0 Å². The smallest absolute Gasteiger partial charge is 0.320 e. The fraction of sp³-hybridized carbons (Fsp3) is 0.533. The molecule has 2 atom stereocenters. The van der Waals surface area contributed by atoms with E-state index >= 15 is 0 Å². The lowest BCUT2D eigenvalue weighted by molar-refractivity contribution is -0.146. The van der Waals surface area contributed by atoms with E-state index in [2.05, 4.69) is 11.8 Å². The van der Waals surface area contributed by atoms with E-state index in [0.717, 1.165) is 42.8 Å². The summed E-state index contributed by atoms with van der Waals surface area (Å²) in [6, 6.07) is 7.46. The molecule has 104 valence electrons. The van der Waals surface area contributed by atoms with E-state index < -0.39 is 5.97 Å². The second-order valence-electron chi connectivity index (χ2n) is 5.03. The van der Waals surface area contributed by atoms with Crippen LogP contribution in [0.1, 0.15) is 44.2 Å². The first kappa shape index (κ1) is 14.4. The van der Waals surface area contributed by atoms with Crippen molar-refractivity contribution in [3.05, 3.63) is 34.9 Å². The van der Waals surface area contributed by atoms with Crippen LogP contribution in [0.3, 0.4) is 0 Å². The third-order valence-electron chi connectivity index (χ3n) is 3.88. The molecule has 2 unspecified atom stereocenters. The molecule has 0 aliphatic carbocycles. The quantitative estimate of drug-likeness (QED) is 0.914. The van der Waals surface area contributed by atoms with Crippen LogP contribution in [-0.4, -0.2) is 28.6 Å². The lowest BCUT2D eigenvalue weighted by Crippen LogP contribution is -2.46. The second kappa shape index (κ2) is 6.40. The Morgan fingerprint density at radius 1 is 1.47 bits per heavy atom. The van der Waals surface area contributed by atoms with Gasteiger partial charge in [-0.25, -0.2) is 0 Å². The lowest BCUT2D eigenvalue weighted by Gasteiger charge is -2.39. The van der Waals surface area contributed by atoms with Crippen molar-refractivity contribution in [3.8, 4) is 0 Å². The maximum Gasteiger partial charge on any atom is 0.320 e. The number of nitrogens with zero attached hydrogens (tertiary/aromatic N) is 1. The topological polar surface area (TPSA) is 40.5 Å². The molecule has 0 radical (unpaired) electrons. The number of rotatable bonds is 4. The van der Waals surface area contributed by atoms with E-state index in [0.29, 0.717) is 0 Å². The van der Waals surface area contributed by atoms with Gasteiger partial charge in [-0.3, -0.25) is 9.69 Å². The Morgan fingerprint density at radius 3 is 2.84 bits per heavy atom. The predicted molar refractivity (Wildman–Crippen MR) is 76.5 cm³/mol. The first-order valence-electron chi connectivity index (χ1n) is 6.88. The molecule has 1 aliphatic rings. The Hall–Kier alpha value is -1.06.